The number of hydrazine groups is 1. The van der Waals surface area contributed by atoms with Gasteiger partial charge in [-0.3, -0.25) is 30.6 Å². The summed E-state index contributed by atoms with van der Waals surface area (Å²) < 4.78 is 0.918. The normalized spacial score (nSPS) is 9.88. The fourth-order valence-corrected chi connectivity index (χ4v) is 2.02. The molecule has 0 aromatic heterocycles. The van der Waals surface area contributed by atoms with Crippen LogP contribution in [0, 0.1) is 10.1 Å². The maximum Gasteiger partial charge on any atom is 0.270 e. The fourth-order valence-electron chi connectivity index (χ4n) is 1.75. The molecule has 2 aromatic rings. The van der Waals surface area contributed by atoms with E-state index in [0.717, 1.165) is 16.2 Å². The van der Waals surface area contributed by atoms with Crippen LogP contribution in [0.5, 0.6) is 0 Å². The highest BCUT2D eigenvalue weighted by Gasteiger charge is 2.12. The van der Waals surface area contributed by atoms with E-state index in [2.05, 4.69) is 32.1 Å². The number of carbonyl (C=O) groups is 2. The number of hydrogen-bond donors (Lipinski definition) is 3. The molecule has 0 radical (unpaired) electrons. The lowest BCUT2D eigenvalue weighted by Gasteiger charge is -2.09. The highest BCUT2D eigenvalue weighted by molar-refractivity contribution is 9.10. The molecule has 2 rings (SSSR count). The number of benzene rings is 2. The van der Waals surface area contributed by atoms with Gasteiger partial charge in [0.1, 0.15) is 0 Å². The smallest absolute Gasteiger partial charge is 0.270 e. The van der Waals surface area contributed by atoms with Crippen molar-refractivity contribution in [3.8, 4) is 0 Å². The summed E-state index contributed by atoms with van der Waals surface area (Å²) in [7, 11) is 0. The van der Waals surface area contributed by atoms with E-state index in [-0.39, 0.29) is 17.8 Å². The van der Waals surface area contributed by atoms with Gasteiger partial charge in [-0.15, -0.1) is 0 Å². The summed E-state index contributed by atoms with van der Waals surface area (Å²) in [6.07, 6.45) is 0. The summed E-state index contributed by atoms with van der Waals surface area (Å²) in [5, 5.41) is 13.6. The van der Waals surface area contributed by atoms with Crippen LogP contribution in [0.25, 0.3) is 0 Å². The monoisotopic (exact) mass is 392 g/mol. The van der Waals surface area contributed by atoms with Crippen LogP contribution < -0.4 is 16.2 Å². The fraction of sp³-hybridized carbons (Fsp3) is 0.0667. The van der Waals surface area contributed by atoms with Crippen LogP contribution >= 0.6 is 15.9 Å². The van der Waals surface area contributed by atoms with Crippen LogP contribution in [0.1, 0.15) is 10.4 Å². The van der Waals surface area contributed by atoms with Crippen molar-refractivity contribution in [2.75, 3.05) is 11.9 Å². The molecule has 8 nitrogen and oxygen atoms in total. The van der Waals surface area contributed by atoms with Crippen molar-refractivity contribution >= 4 is 39.1 Å². The quantitative estimate of drug-likeness (QED) is 0.533. The molecule has 0 spiro atoms. The molecule has 0 aliphatic rings. The van der Waals surface area contributed by atoms with Crippen molar-refractivity contribution in [2.45, 2.75) is 0 Å². The summed E-state index contributed by atoms with van der Waals surface area (Å²) in [6, 6.07) is 12.4. The number of rotatable bonds is 5. The second kappa shape index (κ2) is 8.06. The number of nitrogens with zero attached hydrogens (tertiary/aromatic N) is 1. The molecule has 2 amide bonds. The first-order chi connectivity index (χ1) is 11.5. The molecule has 24 heavy (non-hydrogen) atoms. The molecule has 0 unspecified atom stereocenters. The van der Waals surface area contributed by atoms with Gasteiger partial charge < -0.3 is 5.32 Å². The molecule has 0 heterocycles. The Bertz CT molecular complexity index is 764. The second-order valence-electron chi connectivity index (χ2n) is 4.67. The largest absolute Gasteiger partial charge is 0.376 e. The second-order valence-corrected chi connectivity index (χ2v) is 5.59. The molecule has 9 heteroatoms. The van der Waals surface area contributed by atoms with Crippen LogP contribution in [0.4, 0.5) is 11.4 Å². The minimum absolute atomic E-state index is 0.0448. The molecule has 0 atom stereocenters. The third-order valence-corrected chi connectivity index (χ3v) is 3.46. The average Bonchev–Trinajstić information content (AvgIpc) is 2.59. The van der Waals surface area contributed by atoms with Crippen LogP contribution in [-0.4, -0.2) is 23.3 Å². The molecule has 0 bridgehead atoms. The summed E-state index contributed by atoms with van der Waals surface area (Å²) >= 11 is 3.31. The molecule has 3 N–H and O–H groups in total. The van der Waals surface area contributed by atoms with Gasteiger partial charge >= 0.3 is 0 Å². The zero-order valence-corrected chi connectivity index (χ0v) is 13.9. The van der Waals surface area contributed by atoms with Crippen molar-refractivity contribution in [3.05, 3.63) is 68.7 Å². The lowest BCUT2D eigenvalue weighted by Crippen LogP contribution is -2.44. The highest BCUT2D eigenvalue weighted by Crippen LogP contribution is 2.14. The van der Waals surface area contributed by atoms with Gasteiger partial charge in [-0.25, -0.2) is 0 Å². The number of amides is 2. The molecule has 0 saturated carbocycles. The number of anilines is 1. The van der Waals surface area contributed by atoms with Crippen molar-refractivity contribution in [3.63, 3.8) is 0 Å². The van der Waals surface area contributed by atoms with Crippen LogP contribution in [0.15, 0.2) is 53.0 Å². The number of halogens is 1. The number of nitro benzene ring substituents is 1. The van der Waals surface area contributed by atoms with Crippen molar-refractivity contribution < 1.29 is 14.5 Å². The first kappa shape index (κ1) is 17.4. The predicted octanol–water partition coefficient (Wildman–Crippen LogP) is 2.23. The summed E-state index contributed by atoms with van der Waals surface area (Å²) in [5.74, 6) is -1.10. The zero-order valence-electron chi connectivity index (χ0n) is 12.3. The topological polar surface area (TPSA) is 113 Å². The Morgan fingerprint density at radius 3 is 2.46 bits per heavy atom. The first-order valence-corrected chi connectivity index (χ1v) is 7.58. The van der Waals surface area contributed by atoms with Gasteiger partial charge in [0.05, 0.1) is 11.5 Å². The first-order valence-electron chi connectivity index (χ1n) is 6.79. The molecule has 0 saturated heterocycles. The van der Waals surface area contributed by atoms with E-state index in [9.17, 15) is 19.7 Å². The summed E-state index contributed by atoms with van der Waals surface area (Å²) in [4.78, 5) is 33.6. The Morgan fingerprint density at radius 1 is 1.08 bits per heavy atom. The Balaban J connectivity index is 1.82. The predicted molar refractivity (Wildman–Crippen MR) is 91.3 cm³/mol. The minimum Gasteiger partial charge on any atom is -0.376 e. The molecular weight excluding hydrogens is 380 g/mol. The molecular formula is C15H13BrN4O4. The van der Waals surface area contributed by atoms with Gasteiger partial charge in [0.2, 0.25) is 0 Å². The van der Waals surface area contributed by atoms with Gasteiger partial charge in [-0.2, -0.15) is 0 Å². The van der Waals surface area contributed by atoms with E-state index in [0.29, 0.717) is 0 Å². The SMILES string of the molecule is O=C(CNc1ccc(Br)cc1)NNC(=O)c1cccc([N+](=O)[O-])c1. The Labute approximate surface area is 145 Å². The van der Waals surface area contributed by atoms with E-state index < -0.39 is 16.7 Å². The molecule has 124 valence electrons. The van der Waals surface area contributed by atoms with Crippen molar-refractivity contribution in [1.82, 2.24) is 10.9 Å². The van der Waals surface area contributed by atoms with E-state index in [1.54, 1.807) is 12.1 Å². The summed E-state index contributed by atoms with van der Waals surface area (Å²) in [5.41, 5.74) is 5.05. The van der Waals surface area contributed by atoms with E-state index in [4.69, 9.17) is 0 Å². The third kappa shape index (κ3) is 5.06. The Kier molecular flexibility index (Phi) is 5.85. The van der Waals surface area contributed by atoms with E-state index in [1.165, 1.54) is 18.2 Å². The molecule has 2 aromatic carbocycles. The van der Waals surface area contributed by atoms with E-state index >= 15 is 0 Å². The number of nitrogens with one attached hydrogen (secondary N) is 3. The maximum atomic E-state index is 11.9. The Morgan fingerprint density at radius 2 is 1.79 bits per heavy atom. The van der Waals surface area contributed by atoms with Crippen molar-refractivity contribution in [1.29, 1.82) is 0 Å². The number of nitro groups is 1. The van der Waals surface area contributed by atoms with E-state index in [1.807, 2.05) is 12.1 Å². The van der Waals surface area contributed by atoms with Gasteiger partial charge in [0, 0.05) is 27.9 Å². The van der Waals surface area contributed by atoms with Crippen LogP contribution in [0.3, 0.4) is 0 Å². The summed E-state index contributed by atoms with van der Waals surface area (Å²) in [6.45, 7) is -0.0448. The minimum atomic E-state index is -0.643. The lowest BCUT2D eigenvalue weighted by atomic mass is 10.2. The van der Waals surface area contributed by atoms with Gasteiger partial charge in [-0.1, -0.05) is 22.0 Å². The molecule has 0 fully saturated rings. The van der Waals surface area contributed by atoms with Gasteiger partial charge in [0.15, 0.2) is 0 Å². The van der Waals surface area contributed by atoms with Gasteiger partial charge in [0.25, 0.3) is 17.5 Å². The zero-order chi connectivity index (χ0) is 17.5. The Hall–Kier alpha value is -2.94. The maximum absolute atomic E-state index is 11.9. The molecule has 0 aliphatic carbocycles. The highest BCUT2D eigenvalue weighted by atomic mass is 79.9. The third-order valence-electron chi connectivity index (χ3n) is 2.93. The van der Waals surface area contributed by atoms with Gasteiger partial charge in [-0.05, 0) is 30.3 Å². The van der Waals surface area contributed by atoms with Crippen LogP contribution in [0.2, 0.25) is 0 Å². The standard InChI is InChI=1S/C15H13BrN4O4/c16-11-4-6-12(7-5-11)17-9-14(21)18-19-15(22)10-2-1-3-13(8-10)20(23)24/h1-8,17H,9H2,(H,18,21)(H,19,22). The van der Waals surface area contributed by atoms with Crippen LogP contribution in [-0.2, 0) is 4.79 Å². The van der Waals surface area contributed by atoms with Crippen molar-refractivity contribution in [2.24, 2.45) is 0 Å². The average molecular weight is 393 g/mol. The lowest BCUT2D eigenvalue weighted by molar-refractivity contribution is -0.384. The molecule has 0 aliphatic heterocycles. The number of non-ortho nitro benzene ring substituents is 1. The number of carbonyl (C=O) groups excluding carboxylic acids is 2. The number of hydrogen-bond acceptors (Lipinski definition) is 5.